The topological polar surface area (TPSA) is 37.3 Å². The molecule has 1 rings (SSSR count). The molecule has 1 heterocycles. The molecule has 1 unspecified atom stereocenters. The SMILES string of the molecule is O=C(O)C1C[B]CCC1. The first-order valence-corrected chi connectivity index (χ1v) is 3.35. The third-order valence-corrected chi connectivity index (χ3v) is 1.76. The van der Waals surface area contributed by atoms with Crippen LogP contribution in [0.5, 0.6) is 0 Å². The van der Waals surface area contributed by atoms with Crippen LogP contribution in [0.4, 0.5) is 0 Å². The molecule has 1 atom stereocenters. The van der Waals surface area contributed by atoms with Crippen molar-refractivity contribution in [1.29, 1.82) is 0 Å². The number of hydrogen-bond donors (Lipinski definition) is 1. The molecule has 1 aliphatic heterocycles. The zero-order chi connectivity index (χ0) is 6.69. The fourth-order valence-electron chi connectivity index (χ4n) is 1.17. The van der Waals surface area contributed by atoms with Crippen molar-refractivity contribution >= 4 is 13.2 Å². The van der Waals surface area contributed by atoms with Crippen LogP contribution in [0.1, 0.15) is 12.8 Å². The van der Waals surface area contributed by atoms with E-state index in [0.717, 1.165) is 25.5 Å². The van der Waals surface area contributed by atoms with Crippen LogP contribution >= 0.6 is 0 Å². The van der Waals surface area contributed by atoms with Gasteiger partial charge in [0.2, 0.25) is 0 Å². The number of hydrogen-bond acceptors (Lipinski definition) is 1. The van der Waals surface area contributed by atoms with Gasteiger partial charge in [0, 0.05) is 5.92 Å². The summed E-state index contributed by atoms with van der Waals surface area (Å²) in [6.07, 6.45) is 3.79. The van der Waals surface area contributed by atoms with Crippen molar-refractivity contribution in [2.75, 3.05) is 0 Å². The van der Waals surface area contributed by atoms with Crippen LogP contribution in [0.2, 0.25) is 12.6 Å². The second-order valence-electron chi connectivity index (χ2n) is 2.49. The molecule has 0 aromatic rings. The van der Waals surface area contributed by atoms with Crippen molar-refractivity contribution in [2.24, 2.45) is 5.92 Å². The van der Waals surface area contributed by atoms with Gasteiger partial charge >= 0.3 is 5.97 Å². The van der Waals surface area contributed by atoms with Crippen LogP contribution in [0, 0.1) is 5.92 Å². The normalized spacial score (nSPS) is 26.9. The lowest BCUT2D eigenvalue weighted by atomic mass is 9.60. The third kappa shape index (κ3) is 1.73. The van der Waals surface area contributed by atoms with Crippen LogP contribution in [-0.4, -0.2) is 18.4 Å². The molecule has 1 saturated heterocycles. The molecule has 0 aromatic heterocycles. The summed E-state index contributed by atoms with van der Waals surface area (Å²) in [5.41, 5.74) is 0. The molecule has 0 spiro atoms. The van der Waals surface area contributed by atoms with Crippen LogP contribution < -0.4 is 0 Å². The van der Waals surface area contributed by atoms with Gasteiger partial charge < -0.3 is 5.11 Å². The predicted molar refractivity (Wildman–Crippen MR) is 35.7 cm³/mol. The zero-order valence-corrected chi connectivity index (χ0v) is 5.34. The lowest BCUT2D eigenvalue weighted by Gasteiger charge is -2.15. The summed E-state index contributed by atoms with van der Waals surface area (Å²) in [7, 11) is 2.07. The van der Waals surface area contributed by atoms with E-state index in [9.17, 15) is 4.79 Å². The van der Waals surface area contributed by atoms with Crippen molar-refractivity contribution in [3.63, 3.8) is 0 Å². The highest BCUT2D eigenvalue weighted by molar-refractivity contribution is 6.36. The molecule has 9 heavy (non-hydrogen) atoms. The molecule has 0 aromatic carbocycles. The monoisotopic (exact) mass is 125 g/mol. The van der Waals surface area contributed by atoms with Gasteiger partial charge in [-0.05, 0) is 6.42 Å². The van der Waals surface area contributed by atoms with Gasteiger partial charge in [0.15, 0.2) is 0 Å². The summed E-state index contributed by atoms with van der Waals surface area (Å²) in [5, 5.41) is 8.52. The van der Waals surface area contributed by atoms with E-state index in [1.165, 1.54) is 0 Å². The molecule has 3 heteroatoms. The lowest BCUT2D eigenvalue weighted by Crippen LogP contribution is -2.19. The van der Waals surface area contributed by atoms with Crippen molar-refractivity contribution < 1.29 is 9.90 Å². The largest absolute Gasteiger partial charge is 0.481 e. The smallest absolute Gasteiger partial charge is 0.305 e. The van der Waals surface area contributed by atoms with Crippen molar-refractivity contribution in [3.8, 4) is 0 Å². The molecule has 49 valence electrons. The molecule has 0 saturated carbocycles. The Kier molecular flexibility index (Phi) is 2.14. The maximum Gasteiger partial charge on any atom is 0.305 e. The van der Waals surface area contributed by atoms with Gasteiger partial charge in [-0.15, -0.1) is 0 Å². The van der Waals surface area contributed by atoms with E-state index in [0.29, 0.717) is 0 Å². The zero-order valence-electron chi connectivity index (χ0n) is 5.34. The molecule has 0 bridgehead atoms. The number of rotatable bonds is 1. The van der Waals surface area contributed by atoms with E-state index >= 15 is 0 Å². The Bertz CT molecular complexity index is 108. The van der Waals surface area contributed by atoms with Crippen LogP contribution in [-0.2, 0) is 4.79 Å². The Labute approximate surface area is 55.5 Å². The van der Waals surface area contributed by atoms with Crippen molar-refractivity contribution in [2.45, 2.75) is 25.5 Å². The second-order valence-corrected chi connectivity index (χ2v) is 2.49. The average Bonchev–Trinajstić information content (AvgIpc) is 1.90. The maximum absolute atomic E-state index is 10.3. The van der Waals surface area contributed by atoms with E-state index in [4.69, 9.17) is 5.11 Å². The minimum atomic E-state index is -0.633. The number of aliphatic carboxylic acids is 1. The third-order valence-electron chi connectivity index (χ3n) is 1.76. The minimum Gasteiger partial charge on any atom is -0.481 e. The highest BCUT2D eigenvalue weighted by Gasteiger charge is 2.19. The highest BCUT2D eigenvalue weighted by atomic mass is 16.4. The quantitative estimate of drug-likeness (QED) is 0.531. The molecule has 2 nitrogen and oxygen atoms in total. The van der Waals surface area contributed by atoms with Gasteiger partial charge in [0.25, 0.3) is 0 Å². The summed E-state index contributed by atoms with van der Waals surface area (Å²) in [6.45, 7) is 0. The predicted octanol–water partition coefficient (Wildman–Crippen LogP) is 1.02. The number of carbonyl (C=O) groups is 1. The molecule has 0 amide bonds. The van der Waals surface area contributed by atoms with Crippen LogP contribution in [0.3, 0.4) is 0 Å². The first-order valence-electron chi connectivity index (χ1n) is 3.35. The molecule has 1 N–H and O–H groups in total. The molecule has 0 aliphatic carbocycles. The van der Waals surface area contributed by atoms with E-state index in [1.807, 2.05) is 0 Å². The molecule has 1 aliphatic rings. The van der Waals surface area contributed by atoms with E-state index in [2.05, 4.69) is 7.28 Å². The van der Waals surface area contributed by atoms with Gasteiger partial charge in [-0.3, -0.25) is 4.79 Å². The minimum absolute atomic E-state index is 0.0845. The first-order chi connectivity index (χ1) is 4.30. The Hall–Kier alpha value is -0.465. The summed E-state index contributed by atoms with van der Waals surface area (Å²) in [6, 6.07) is 0. The fourth-order valence-corrected chi connectivity index (χ4v) is 1.17. The van der Waals surface area contributed by atoms with Gasteiger partial charge in [-0.25, -0.2) is 0 Å². The number of carboxylic acids is 1. The van der Waals surface area contributed by atoms with Gasteiger partial charge in [0.05, 0.1) is 0 Å². The average molecular weight is 125 g/mol. The van der Waals surface area contributed by atoms with Gasteiger partial charge in [0.1, 0.15) is 7.28 Å². The van der Waals surface area contributed by atoms with Crippen LogP contribution in [0.15, 0.2) is 0 Å². The van der Waals surface area contributed by atoms with E-state index in [-0.39, 0.29) is 5.92 Å². The molecular weight excluding hydrogens is 115 g/mol. The summed E-state index contributed by atoms with van der Waals surface area (Å²) in [5.74, 6) is -0.718. The van der Waals surface area contributed by atoms with E-state index < -0.39 is 5.97 Å². The van der Waals surface area contributed by atoms with Crippen molar-refractivity contribution in [1.82, 2.24) is 0 Å². The summed E-state index contributed by atoms with van der Waals surface area (Å²) < 4.78 is 0. The van der Waals surface area contributed by atoms with E-state index in [1.54, 1.807) is 0 Å². The lowest BCUT2D eigenvalue weighted by molar-refractivity contribution is -0.141. The molecular formula is C6H10BO2. The first kappa shape index (κ1) is 6.65. The Morgan fingerprint density at radius 1 is 1.67 bits per heavy atom. The Balaban J connectivity index is 2.31. The molecule has 1 fully saturated rings. The maximum atomic E-state index is 10.3. The standard InChI is InChI=1S/C6H10BO2/c8-6(9)5-2-1-3-7-4-5/h5H,1-4H2,(H,8,9). The summed E-state index contributed by atoms with van der Waals surface area (Å²) >= 11 is 0. The Morgan fingerprint density at radius 3 is 2.78 bits per heavy atom. The Morgan fingerprint density at radius 2 is 2.44 bits per heavy atom. The second kappa shape index (κ2) is 2.90. The van der Waals surface area contributed by atoms with Gasteiger partial charge in [-0.2, -0.15) is 0 Å². The van der Waals surface area contributed by atoms with Gasteiger partial charge in [-0.1, -0.05) is 19.1 Å². The van der Waals surface area contributed by atoms with Crippen LogP contribution in [0.25, 0.3) is 0 Å². The molecule has 1 radical (unpaired) electrons. The highest BCUT2D eigenvalue weighted by Crippen LogP contribution is 2.19. The van der Waals surface area contributed by atoms with Crippen molar-refractivity contribution in [3.05, 3.63) is 0 Å². The summed E-state index contributed by atoms with van der Waals surface area (Å²) in [4.78, 5) is 10.3. The number of carboxylic acid groups (broad SMARTS) is 1. The fraction of sp³-hybridized carbons (Fsp3) is 0.833.